The van der Waals surface area contributed by atoms with E-state index in [4.69, 9.17) is 4.65 Å². The van der Waals surface area contributed by atoms with Gasteiger partial charge in [0.05, 0.1) is 6.61 Å². The molecule has 0 aliphatic carbocycles. The Balaban J connectivity index is 2.69. The summed E-state index contributed by atoms with van der Waals surface area (Å²) in [6.07, 6.45) is 0. The lowest BCUT2D eigenvalue weighted by Gasteiger charge is -2.30. The SMILES string of the molecule is CC(C)C(C)B(OCc1ccccc1)C(C)C(C)C. The molecule has 0 aliphatic rings. The molecule has 0 aromatic heterocycles. The van der Waals surface area contributed by atoms with Crippen molar-refractivity contribution in [3.8, 4) is 0 Å². The van der Waals surface area contributed by atoms with Crippen LogP contribution in [0.5, 0.6) is 0 Å². The minimum atomic E-state index is 0.334. The quantitative estimate of drug-likeness (QED) is 0.605. The van der Waals surface area contributed by atoms with Crippen molar-refractivity contribution < 1.29 is 4.65 Å². The molecule has 0 bridgehead atoms. The normalized spacial score (nSPS) is 14.7. The summed E-state index contributed by atoms with van der Waals surface area (Å²) in [5, 5.41) is 0. The van der Waals surface area contributed by atoms with Gasteiger partial charge in [-0.1, -0.05) is 71.9 Å². The molecule has 0 N–H and O–H groups in total. The third-order valence-electron chi connectivity index (χ3n) is 4.42. The van der Waals surface area contributed by atoms with Gasteiger partial charge in [-0.15, -0.1) is 0 Å². The molecule has 19 heavy (non-hydrogen) atoms. The molecule has 0 fully saturated rings. The Morgan fingerprint density at radius 3 is 1.74 bits per heavy atom. The zero-order valence-corrected chi connectivity index (χ0v) is 13.4. The minimum Gasteiger partial charge on any atom is -0.431 e. The first-order valence-corrected chi connectivity index (χ1v) is 7.59. The van der Waals surface area contributed by atoms with Crippen LogP contribution in [0.15, 0.2) is 30.3 Å². The van der Waals surface area contributed by atoms with Gasteiger partial charge in [0, 0.05) is 0 Å². The second-order valence-electron chi connectivity index (χ2n) is 6.47. The summed E-state index contributed by atoms with van der Waals surface area (Å²) in [7, 11) is 0. The molecule has 0 saturated carbocycles. The van der Waals surface area contributed by atoms with E-state index in [1.54, 1.807) is 0 Å². The van der Waals surface area contributed by atoms with Gasteiger partial charge in [0.15, 0.2) is 0 Å². The molecule has 0 heterocycles. The molecule has 2 unspecified atom stereocenters. The van der Waals surface area contributed by atoms with Crippen LogP contribution < -0.4 is 0 Å². The Labute approximate surface area is 119 Å². The van der Waals surface area contributed by atoms with Crippen LogP contribution in [0.1, 0.15) is 47.1 Å². The summed E-state index contributed by atoms with van der Waals surface area (Å²) in [6.45, 7) is 14.8. The molecule has 0 aliphatic heterocycles. The maximum atomic E-state index is 6.27. The predicted molar refractivity (Wildman–Crippen MR) is 85.5 cm³/mol. The van der Waals surface area contributed by atoms with Gasteiger partial charge in [0.2, 0.25) is 0 Å². The second kappa shape index (κ2) is 7.74. The van der Waals surface area contributed by atoms with Gasteiger partial charge in [-0.05, 0) is 29.0 Å². The maximum absolute atomic E-state index is 6.27. The zero-order valence-electron chi connectivity index (χ0n) is 13.4. The first-order valence-electron chi connectivity index (χ1n) is 7.59. The minimum absolute atomic E-state index is 0.334. The van der Waals surface area contributed by atoms with Crippen LogP contribution in [-0.2, 0) is 11.3 Å². The lowest BCUT2D eigenvalue weighted by Crippen LogP contribution is -2.33. The Hall–Kier alpha value is -0.755. The van der Waals surface area contributed by atoms with Crippen LogP contribution in [0.4, 0.5) is 0 Å². The van der Waals surface area contributed by atoms with Gasteiger partial charge >= 0.3 is 0 Å². The highest BCUT2D eigenvalue weighted by atomic mass is 16.4. The van der Waals surface area contributed by atoms with E-state index in [-0.39, 0.29) is 0 Å². The highest BCUT2D eigenvalue weighted by molar-refractivity contribution is 6.55. The van der Waals surface area contributed by atoms with Gasteiger partial charge < -0.3 is 4.65 Å². The van der Waals surface area contributed by atoms with E-state index in [1.165, 1.54) is 5.56 Å². The smallest absolute Gasteiger partial charge is 0.299 e. The highest BCUT2D eigenvalue weighted by Crippen LogP contribution is 2.33. The van der Waals surface area contributed by atoms with E-state index in [9.17, 15) is 0 Å². The fourth-order valence-corrected chi connectivity index (χ4v) is 2.31. The van der Waals surface area contributed by atoms with Gasteiger partial charge in [0.25, 0.3) is 6.92 Å². The van der Waals surface area contributed by atoms with Gasteiger partial charge in [-0.25, -0.2) is 0 Å². The Morgan fingerprint density at radius 1 is 0.842 bits per heavy atom. The largest absolute Gasteiger partial charge is 0.431 e. The number of benzene rings is 1. The number of hydrogen-bond acceptors (Lipinski definition) is 1. The lowest BCUT2D eigenvalue weighted by atomic mass is 9.43. The van der Waals surface area contributed by atoms with Crippen LogP contribution in [0.25, 0.3) is 0 Å². The fourth-order valence-electron chi connectivity index (χ4n) is 2.31. The number of rotatable bonds is 7. The molecule has 2 atom stereocenters. The standard InChI is InChI=1S/C17H29BO/c1-13(2)15(5)18(16(6)14(3)4)19-12-17-10-8-7-9-11-17/h7-11,13-16H,12H2,1-6H3. The van der Waals surface area contributed by atoms with Gasteiger partial charge in [0.1, 0.15) is 0 Å². The molecule has 2 heteroatoms. The van der Waals surface area contributed by atoms with Crippen molar-refractivity contribution in [3.63, 3.8) is 0 Å². The molecule has 0 radical (unpaired) electrons. The summed E-state index contributed by atoms with van der Waals surface area (Å²) in [5.41, 5.74) is 1.26. The summed E-state index contributed by atoms with van der Waals surface area (Å²) in [6, 6.07) is 10.5. The predicted octanol–water partition coefficient (Wildman–Crippen LogP) is 5.29. The van der Waals surface area contributed by atoms with Crippen LogP contribution in [0.2, 0.25) is 11.6 Å². The van der Waals surface area contributed by atoms with E-state index in [0.717, 1.165) is 6.61 Å². The van der Waals surface area contributed by atoms with Crippen molar-refractivity contribution in [2.24, 2.45) is 11.8 Å². The van der Waals surface area contributed by atoms with E-state index >= 15 is 0 Å². The summed E-state index contributed by atoms with van der Waals surface area (Å²) < 4.78 is 6.27. The Bertz CT molecular complexity index is 334. The fraction of sp³-hybridized carbons (Fsp3) is 0.647. The monoisotopic (exact) mass is 260 g/mol. The van der Waals surface area contributed by atoms with E-state index < -0.39 is 0 Å². The Morgan fingerprint density at radius 2 is 1.32 bits per heavy atom. The first kappa shape index (κ1) is 16.3. The molecule has 0 saturated heterocycles. The van der Waals surface area contributed by atoms with Crippen molar-refractivity contribution in [2.75, 3.05) is 0 Å². The third-order valence-corrected chi connectivity index (χ3v) is 4.42. The molecule has 106 valence electrons. The van der Waals surface area contributed by atoms with Crippen molar-refractivity contribution >= 4 is 6.92 Å². The third kappa shape index (κ3) is 5.02. The van der Waals surface area contributed by atoms with Crippen LogP contribution in [-0.4, -0.2) is 6.92 Å². The van der Waals surface area contributed by atoms with Crippen molar-refractivity contribution in [2.45, 2.75) is 59.8 Å². The molecule has 0 spiro atoms. The molecule has 1 rings (SSSR count). The first-order chi connectivity index (χ1) is 8.93. The molecule has 1 aromatic carbocycles. The topological polar surface area (TPSA) is 9.23 Å². The van der Waals surface area contributed by atoms with E-state index in [2.05, 4.69) is 71.9 Å². The van der Waals surface area contributed by atoms with E-state index in [0.29, 0.717) is 30.4 Å². The highest BCUT2D eigenvalue weighted by Gasteiger charge is 2.33. The van der Waals surface area contributed by atoms with Crippen LogP contribution in [0.3, 0.4) is 0 Å². The Kier molecular flexibility index (Phi) is 6.64. The van der Waals surface area contributed by atoms with Crippen LogP contribution >= 0.6 is 0 Å². The van der Waals surface area contributed by atoms with E-state index in [1.807, 2.05) is 0 Å². The molecular weight excluding hydrogens is 231 g/mol. The molecule has 0 amide bonds. The lowest BCUT2D eigenvalue weighted by molar-refractivity contribution is 0.279. The molecule has 1 aromatic rings. The molecular formula is C17H29BO. The van der Waals surface area contributed by atoms with Crippen molar-refractivity contribution in [1.29, 1.82) is 0 Å². The van der Waals surface area contributed by atoms with Gasteiger partial charge in [-0.2, -0.15) is 0 Å². The zero-order chi connectivity index (χ0) is 14.4. The van der Waals surface area contributed by atoms with Crippen LogP contribution in [0, 0.1) is 11.8 Å². The summed E-state index contributed by atoms with van der Waals surface area (Å²) >= 11 is 0. The summed E-state index contributed by atoms with van der Waals surface area (Å²) in [4.78, 5) is 0. The van der Waals surface area contributed by atoms with Crippen molar-refractivity contribution in [1.82, 2.24) is 0 Å². The average molecular weight is 260 g/mol. The average Bonchev–Trinajstić information content (AvgIpc) is 2.39. The molecule has 1 nitrogen and oxygen atoms in total. The van der Waals surface area contributed by atoms with Crippen molar-refractivity contribution in [3.05, 3.63) is 35.9 Å². The summed E-state index contributed by atoms with van der Waals surface area (Å²) in [5.74, 6) is 2.48. The maximum Gasteiger partial charge on any atom is 0.299 e. The number of hydrogen-bond donors (Lipinski definition) is 0. The van der Waals surface area contributed by atoms with Gasteiger partial charge in [-0.3, -0.25) is 0 Å². The second-order valence-corrected chi connectivity index (χ2v) is 6.47.